The summed E-state index contributed by atoms with van der Waals surface area (Å²) < 4.78 is 76.5. The van der Waals surface area contributed by atoms with E-state index < -0.39 is 33.6 Å². The lowest BCUT2D eigenvalue weighted by Crippen LogP contribution is -2.21. The zero-order valence-corrected chi connectivity index (χ0v) is 23.1. The number of carbonyl (C=O) groups is 1. The maximum atomic E-state index is 13.4. The molecule has 41 heavy (non-hydrogen) atoms. The number of alkyl halides is 2. The van der Waals surface area contributed by atoms with E-state index in [1.54, 1.807) is 13.0 Å². The molecule has 0 saturated carbocycles. The maximum Gasteiger partial charge on any atom is 0.355 e. The van der Waals surface area contributed by atoms with Gasteiger partial charge in [0.15, 0.2) is 5.82 Å². The number of nitrogens with two attached hydrogens (primary N) is 1. The lowest BCUT2D eigenvalue weighted by Gasteiger charge is -2.19. The number of ether oxygens (including phenoxy) is 1. The van der Waals surface area contributed by atoms with Crippen LogP contribution in [0.4, 0.5) is 30.6 Å². The van der Waals surface area contributed by atoms with Crippen LogP contribution in [-0.4, -0.2) is 35.4 Å². The van der Waals surface area contributed by atoms with Gasteiger partial charge in [0, 0.05) is 17.0 Å². The minimum Gasteiger partial charge on any atom is -0.484 e. The molecule has 0 aliphatic heterocycles. The molecule has 2 heterocycles. The van der Waals surface area contributed by atoms with E-state index in [2.05, 4.69) is 20.7 Å². The second kappa shape index (κ2) is 11.2. The number of benzene rings is 2. The molecule has 11 nitrogen and oxygen atoms in total. The first kappa shape index (κ1) is 29.5. The fourth-order valence-electron chi connectivity index (χ4n) is 3.74. The van der Waals surface area contributed by atoms with Gasteiger partial charge in [-0.05, 0) is 36.8 Å². The summed E-state index contributed by atoms with van der Waals surface area (Å²) in [7, 11) is -5.05. The fraction of sp³-hybridized carbons (Fsp3) is 0.269. The maximum absolute atomic E-state index is 13.4. The molecule has 0 bridgehead atoms. The second-order valence-corrected chi connectivity index (χ2v) is 11.7. The molecule has 2 aromatic heterocycles. The molecule has 218 valence electrons. The lowest BCUT2D eigenvalue weighted by molar-refractivity contribution is 0.100. The van der Waals surface area contributed by atoms with Crippen molar-refractivity contribution in [2.24, 2.45) is 5.73 Å². The molecule has 0 fully saturated rings. The van der Waals surface area contributed by atoms with Gasteiger partial charge >= 0.3 is 5.76 Å². The fourth-order valence-corrected chi connectivity index (χ4v) is 4.30. The third-order valence-electron chi connectivity index (χ3n) is 5.93. The minimum atomic E-state index is -5.05. The molecular weight excluding hydrogens is 565 g/mol. The predicted octanol–water partition coefficient (Wildman–Crippen LogP) is 5.45. The Morgan fingerprint density at radius 2 is 1.80 bits per heavy atom. The summed E-state index contributed by atoms with van der Waals surface area (Å²) in [6, 6.07) is 10.8. The largest absolute Gasteiger partial charge is 0.484 e. The molecule has 5 N–H and O–H groups in total. The van der Waals surface area contributed by atoms with Crippen LogP contribution in [0, 0.1) is 5.82 Å². The van der Waals surface area contributed by atoms with E-state index in [4.69, 9.17) is 15.0 Å². The number of amides is 1. The van der Waals surface area contributed by atoms with Gasteiger partial charge in [0.25, 0.3) is 15.9 Å². The summed E-state index contributed by atoms with van der Waals surface area (Å²) in [4.78, 5) is 12.5. The van der Waals surface area contributed by atoms with Crippen LogP contribution in [0.1, 0.15) is 55.4 Å². The zero-order valence-electron chi connectivity index (χ0n) is 22.3. The highest BCUT2D eigenvalue weighted by Crippen LogP contribution is 2.37. The standard InChI is InChI=1S/C26H27F3N6O5S/c1-13(14-5-8-16(27)9-6-14)39-18-11-15(7-10-17(18)35-41(37,38)25(28)29)22-21(23(30)36)24(33-32-22)31-20-12-19(34-40-20)26(2,3)4/h5-13,25,35H,1-4H3,(H2,30,36)(H2,31,32,33). The third kappa shape index (κ3) is 6.62. The molecule has 0 aliphatic rings. The van der Waals surface area contributed by atoms with Crippen molar-refractivity contribution in [3.05, 3.63) is 71.2 Å². The van der Waals surface area contributed by atoms with E-state index in [0.29, 0.717) is 11.3 Å². The predicted molar refractivity (Wildman–Crippen MR) is 145 cm³/mol. The van der Waals surface area contributed by atoms with Crippen molar-refractivity contribution in [2.45, 2.75) is 45.0 Å². The number of hydrogen-bond donors (Lipinski definition) is 4. The van der Waals surface area contributed by atoms with Crippen molar-refractivity contribution in [3.8, 4) is 17.0 Å². The summed E-state index contributed by atoms with van der Waals surface area (Å²) in [6.07, 6.45) is -0.765. The van der Waals surface area contributed by atoms with Crippen LogP contribution in [-0.2, 0) is 15.4 Å². The molecule has 4 aromatic rings. The Hall–Kier alpha value is -4.53. The number of sulfonamides is 1. The minimum absolute atomic E-state index is 0.0220. The van der Waals surface area contributed by atoms with Gasteiger partial charge in [-0.2, -0.15) is 13.9 Å². The SMILES string of the molecule is CC(Oc1cc(-c2[nH]nc(Nc3cc(C(C)(C)C)no3)c2C(N)=O)ccc1NS(=O)(=O)C(F)F)c1ccc(F)cc1. The van der Waals surface area contributed by atoms with Crippen molar-refractivity contribution in [1.82, 2.24) is 15.4 Å². The molecule has 4 rings (SSSR count). The number of hydrogen-bond acceptors (Lipinski definition) is 8. The van der Waals surface area contributed by atoms with Crippen molar-refractivity contribution >= 4 is 33.3 Å². The van der Waals surface area contributed by atoms with Crippen molar-refractivity contribution < 1.29 is 35.6 Å². The molecule has 0 aliphatic carbocycles. The molecule has 0 saturated heterocycles. The van der Waals surface area contributed by atoms with Gasteiger partial charge < -0.3 is 20.3 Å². The Kier molecular flexibility index (Phi) is 8.01. The molecule has 1 atom stereocenters. The lowest BCUT2D eigenvalue weighted by atomic mass is 9.92. The van der Waals surface area contributed by atoms with E-state index in [-0.39, 0.29) is 45.4 Å². The number of H-pyrrole nitrogens is 1. The normalized spacial score (nSPS) is 12.8. The molecule has 0 radical (unpaired) electrons. The summed E-state index contributed by atoms with van der Waals surface area (Å²) in [5.74, 6) is -4.99. The Balaban J connectivity index is 1.74. The first-order valence-corrected chi connectivity index (χ1v) is 13.7. The number of rotatable bonds is 10. The highest BCUT2D eigenvalue weighted by Gasteiger charge is 2.27. The average Bonchev–Trinajstić information content (AvgIpc) is 3.53. The van der Waals surface area contributed by atoms with E-state index in [1.165, 1.54) is 42.5 Å². The van der Waals surface area contributed by atoms with E-state index in [0.717, 1.165) is 0 Å². The van der Waals surface area contributed by atoms with Gasteiger partial charge in [0.2, 0.25) is 5.88 Å². The third-order valence-corrected chi connectivity index (χ3v) is 6.91. The number of carbonyl (C=O) groups excluding carboxylic acids is 1. The van der Waals surface area contributed by atoms with Crippen LogP contribution in [0.15, 0.2) is 53.1 Å². The number of nitrogens with zero attached hydrogens (tertiary/aromatic N) is 2. The molecule has 1 amide bonds. The van der Waals surface area contributed by atoms with Crippen molar-refractivity contribution in [3.63, 3.8) is 0 Å². The highest BCUT2D eigenvalue weighted by atomic mass is 32.2. The molecular formula is C26H27F3N6O5S. The van der Waals surface area contributed by atoms with Crippen LogP contribution in [0.5, 0.6) is 5.75 Å². The van der Waals surface area contributed by atoms with Gasteiger partial charge in [-0.1, -0.05) is 44.1 Å². The number of aromatic amines is 1. The van der Waals surface area contributed by atoms with Gasteiger partial charge in [0.1, 0.15) is 23.2 Å². The first-order chi connectivity index (χ1) is 19.2. The van der Waals surface area contributed by atoms with Crippen molar-refractivity contribution in [2.75, 3.05) is 10.0 Å². The topological polar surface area (TPSA) is 165 Å². The molecule has 2 aromatic carbocycles. The van der Waals surface area contributed by atoms with E-state index >= 15 is 0 Å². The number of anilines is 3. The van der Waals surface area contributed by atoms with Gasteiger partial charge in [-0.3, -0.25) is 14.6 Å². The van der Waals surface area contributed by atoms with Crippen LogP contribution in [0.2, 0.25) is 0 Å². The molecule has 1 unspecified atom stereocenters. The van der Waals surface area contributed by atoms with E-state index in [1.807, 2.05) is 25.5 Å². The summed E-state index contributed by atoms with van der Waals surface area (Å²) >= 11 is 0. The summed E-state index contributed by atoms with van der Waals surface area (Å²) in [5, 5.41) is 13.7. The number of aromatic nitrogens is 3. The Labute approximate surface area is 233 Å². The molecule has 0 spiro atoms. The molecule has 15 heteroatoms. The monoisotopic (exact) mass is 592 g/mol. The summed E-state index contributed by atoms with van der Waals surface area (Å²) in [5.41, 5.74) is 6.54. The van der Waals surface area contributed by atoms with Crippen LogP contribution in [0.3, 0.4) is 0 Å². The highest BCUT2D eigenvalue weighted by molar-refractivity contribution is 7.93. The number of primary amides is 1. The van der Waals surface area contributed by atoms with Gasteiger partial charge in [-0.25, -0.2) is 12.8 Å². The average molecular weight is 593 g/mol. The van der Waals surface area contributed by atoms with Gasteiger partial charge in [0.05, 0.1) is 17.1 Å². The quantitative estimate of drug-likeness (QED) is 0.189. The second-order valence-electron chi connectivity index (χ2n) is 10.1. The van der Waals surface area contributed by atoms with Crippen molar-refractivity contribution in [1.29, 1.82) is 0 Å². The number of halogens is 3. The Morgan fingerprint density at radius 3 is 2.39 bits per heavy atom. The number of nitrogens with one attached hydrogen (secondary N) is 3. The Morgan fingerprint density at radius 1 is 1.12 bits per heavy atom. The van der Waals surface area contributed by atoms with Crippen LogP contribution < -0.4 is 20.5 Å². The van der Waals surface area contributed by atoms with Gasteiger partial charge in [-0.15, -0.1) is 0 Å². The smallest absolute Gasteiger partial charge is 0.355 e. The summed E-state index contributed by atoms with van der Waals surface area (Å²) in [6.45, 7) is 7.43. The Bertz CT molecular complexity index is 1660. The van der Waals surface area contributed by atoms with E-state index in [9.17, 15) is 26.4 Å². The van der Waals surface area contributed by atoms with Crippen LogP contribution >= 0.6 is 0 Å². The van der Waals surface area contributed by atoms with Crippen LogP contribution in [0.25, 0.3) is 11.3 Å². The zero-order chi connectivity index (χ0) is 30.1. The first-order valence-electron chi connectivity index (χ1n) is 12.1.